The molecule has 0 radical (unpaired) electrons. The van der Waals surface area contributed by atoms with Crippen LogP contribution in [-0.2, 0) is 12.8 Å². The molecule has 5 heteroatoms. The van der Waals surface area contributed by atoms with E-state index in [0.717, 1.165) is 29.1 Å². The Morgan fingerprint density at radius 2 is 2.20 bits per heavy atom. The predicted octanol–water partition coefficient (Wildman–Crippen LogP) is 2.13. The summed E-state index contributed by atoms with van der Waals surface area (Å²) in [4.78, 5) is 4.41. The molecule has 0 fully saturated rings. The molecule has 0 saturated carbocycles. The number of nitrogens with one attached hydrogen (secondary N) is 1. The fraction of sp³-hybridized carbons (Fsp3) is 0.467. The highest BCUT2D eigenvalue weighted by Gasteiger charge is 2.10. The van der Waals surface area contributed by atoms with Crippen LogP contribution in [0.1, 0.15) is 29.8 Å². The van der Waals surface area contributed by atoms with E-state index in [-0.39, 0.29) is 0 Å². The zero-order valence-electron chi connectivity index (χ0n) is 12.4. The maximum Gasteiger partial charge on any atom is 0.231 e. The molecule has 1 N–H and O–H groups in total. The summed E-state index contributed by atoms with van der Waals surface area (Å²) < 4.78 is 10.6. The molecule has 1 atom stereocenters. The van der Waals surface area contributed by atoms with E-state index in [1.165, 1.54) is 0 Å². The van der Waals surface area contributed by atoms with Crippen LogP contribution in [-0.4, -0.2) is 30.3 Å². The Hall–Kier alpha value is -1.88. The number of likely N-dealkylation sites (N-methyl/N-ethyl adjacent to an activating group) is 1. The van der Waals surface area contributed by atoms with Gasteiger partial charge in [-0.3, -0.25) is 0 Å². The smallest absolute Gasteiger partial charge is 0.231 e. The number of aromatic nitrogens is 2. The molecular formula is C15H21N3O2. The molecule has 0 amide bonds. The van der Waals surface area contributed by atoms with Crippen LogP contribution >= 0.6 is 0 Å². The first-order valence-electron chi connectivity index (χ1n) is 6.74. The molecular weight excluding hydrogens is 254 g/mol. The maximum absolute atomic E-state index is 5.32. The molecule has 5 nitrogen and oxygen atoms in total. The van der Waals surface area contributed by atoms with E-state index in [2.05, 4.69) is 28.4 Å². The third-order valence-corrected chi connectivity index (χ3v) is 3.32. The minimum absolute atomic E-state index is 0.333. The average Bonchev–Trinajstić information content (AvgIpc) is 2.88. The standard InChI is InChI=1S/C15H21N3O2/c1-10-5-6-12(8-13(10)19-4)9-15-17-14(18-20-15)7-11(2)16-3/h5-6,8,11,16H,7,9H2,1-4H3. The second kappa shape index (κ2) is 6.52. The maximum atomic E-state index is 5.32. The second-order valence-corrected chi connectivity index (χ2v) is 4.98. The van der Waals surface area contributed by atoms with Gasteiger partial charge < -0.3 is 14.6 Å². The zero-order chi connectivity index (χ0) is 14.5. The molecule has 2 aromatic rings. The molecule has 1 unspecified atom stereocenters. The van der Waals surface area contributed by atoms with Crippen molar-refractivity contribution < 1.29 is 9.26 Å². The van der Waals surface area contributed by atoms with E-state index < -0.39 is 0 Å². The van der Waals surface area contributed by atoms with Crippen molar-refractivity contribution in [2.45, 2.75) is 32.7 Å². The lowest BCUT2D eigenvalue weighted by Crippen LogP contribution is -2.24. The highest BCUT2D eigenvalue weighted by atomic mass is 16.5. The zero-order valence-corrected chi connectivity index (χ0v) is 12.4. The van der Waals surface area contributed by atoms with E-state index in [0.29, 0.717) is 18.4 Å². The van der Waals surface area contributed by atoms with Gasteiger partial charge >= 0.3 is 0 Å². The largest absolute Gasteiger partial charge is 0.496 e. The Kier molecular flexibility index (Phi) is 4.74. The molecule has 0 aliphatic rings. The van der Waals surface area contributed by atoms with E-state index >= 15 is 0 Å². The van der Waals surface area contributed by atoms with E-state index in [9.17, 15) is 0 Å². The minimum Gasteiger partial charge on any atom is -0.496 e. The topological polar surface area (TPSA) is 60.2 Å². The van der Waals surface area contributed by atoms with Crippen molar-refractivity contribution in [1.29, 1.82) is 0 Å². The normalized spacial score (nSPS) is 12.4. The fourth-order valence-electron chi connectivity index (χ4n) is 1.97. The summed E-state index contributed by atoms with van der Waals surface area (Å²) in [5, 5.41) is 7.16. The van der Waals surface area contributed by atoms with E-state index in [1.807, 2.05) is 26.1 Å². The first-order chi connectivity index (χ1) is 9.62. The van der Waals surface area contributed by atoms with Crippen molar-refractivity contribution in [3.05, 3.63) is 41.0 Å². The number of rotatable bonds is 6. The summed E-state index contributed by atoms with van der Waals surface area (Å²) in [7, 11) is 3.60. The molecule has 1 aromatic carbocycles. The first kappa shape index (κ1) is 14.5. The van der Waals surface area contributed by atoms with Crippen molar-refractivity contribution in [1.82, 2.24) is 15.5 Å². The Morgan fingerprint density at radius 3 is 2.90 bits per heavy atom. The van der Waals surface area contributed by atoms with Crippen molar-refractivity contribution in [2.75, 3.05) is 14.2 Å². The monoisotopic (exact) mass is 275 g/mol. The number of aryl methyl sites for hydroxylation is 1. The highest BCUT2D eigenvalue weighted by Crippen LogP contribution is 2.20. The van der Waals surface area contributed by atoms with Crippen LogP contribution in [0.15, 0.2) is 22.7 Å². The van der Waals surface area contributed by atoms with E-state index in [4.69, 9.17) is 9.26 Å². The predicted molar refractivity (Wildman–Crippen MR) is 77.1 cm³/mol. The van der Waals surface area contributed by atoms with Crippen LogP contribution in [0.2, 0.25) is 0 Å². The quantitative estimate of drug-likeness (QED) is 0.875. The van der Waals surface area contributed by atoms with Gasteiger partial charge in [0, 0.05) is 12.5 Å². The van der Waals surface area contributed by atoms with Gasteiger partial charge in [0.05, 0.1) is 13.5 Å². The summed E-state index contributed by atoms with van der Waals surface area (Å²) in [5.41, 5.74) is 2.22. The number of hydrogen-bond donors (Lipinski definition) is 1. The van der Waals surface area contributed by atoms with Gasteiger partial charge in [0.1, 0.15) is 5.75 Å². The van der Waals surface area contributed by atoms with Gasteiger partial charge in [-0.15, -0.1) is 0 Å². The third-order valence-electron chi connectivity index (χ3n) is 3.32. The molecule has 0 spiro atoms. The Bertz CT molecular complexity index is 566. The lowest BCUT2D eigenvalue weighted by atomic mass is 10.1. The Labute approximate surface area is 119 Å². The van der Waals surface area contributed by atoms with Gasteiger partial charge in [0.2, 0.25) is 5.89 Å². The molecule has 1 aromatic heterocycles. The number of methoxy groups -OCH3 is 1. The van der Waals surface area contributed by atoms with Crippen LogP contribution in [0.3, 0.4) is 0 Å². The van der Waals surface area contributed by atoms with Crippen molar-refractivity contribution in [3.8, 4) is 5.75 Å². The van der Waals surface area contributed by atoms with Crippen molar-refractivity contribution in [2.24, 2.45) is 0 Å². The molecule has 2 rings (SSSR count). The van der Waals surface area contributed by atoms with Gasteiger partial charge in [0.15, 0.2) is 5.82 Å². The Balaban J connectivity index is 2.06. The molecule has 0 saturated heterocycles. The molecule has 20 heavy (non-hydrogen) atoms. The highest BCUT2D eigenvalue weighted by molar-refractivity contribution is 5.37. The summed E-state index contributed by atoms with van der Waals surface area (Å²) in [6.45, 7) is 4.10. The van der Waals surface area contributed by atoms with Gasteiger partial charge in [-0.2, -0.15) is 4.98 Å². The number of ether oxygens (including phenoxy) is 1. The molecule has 0 bridgehead atoms. The van der Waals surface area contributed by atoms with Crippen LogP contribution < -0.4 is 10.1 Å². The summed E-state index contributed by atoms with van der Waals surface area (Å²) in [5.74, 6) is 2.25. The van der Waals surface area contributed by atoms with Crippen LogP contribution in [0.25, 0.3) is 0 Å². The van der Waals surface area contributed by atoms with Crippen LogP contribution in [0, 0.1) is 6.92 Å². The van der Waals surface area contributed by atoms with E-state index in [1.54, 1.807) is 7.11 Å². The number of hydrogen-bond acceptors (Lipinski definition) is 5. The van der Waals surface area contributed by atoms with Gasteiger partial charge in [0.25, 0.3) is 0 Å². The van der Waals surface area contributed by atoms with Gasteiger partial charge in [-0.25, -0.2) is 0 Å². The van der Waals surface area contributed by atoms with Crippen molar-refractivity contribution >= 4 is 0 Å². The van der Waals surface area contributed by atoms with Crippen LogP contribution in [0.4, 0.5) is 0 Å². The number of nitrogens with zero attached hydrogens (tertiary/aromatic N) is 2. The van der Waals surface area contributed by atoms with Crippen molar-refractivity contribution in [3.63, 3.8) is 0 Å². The summed E-state index contributed by atoms with van der Waals surface area (Å²) in [6.07, 6.45) is 1.38. The number of benzene rings is 1. The lowest BCUT2D eigenvalue weighted by Gasteiger charge is -2.06. The fourth-order valence-corrected chi connectivity index (χ4v) is 1.97. The second-order valence-electron chi connectivity index (χ2n) is 4.98. The SMILES string of the molecule is CNC(C)Cc1noc(Cc2ccc(C)c(OC)c2)n1. The average molecular weight is 275 g/mol. The van der Waals surface area contributed by atoms with Gasteiger partial charge in [-0.05, 0) is 38.1 Å². The third kappa shape index (κ3) is 3.57. The Morgan fingerprint density at radius 1 is 1.40 bits per heavy atom. The molecule has 108 valence electrons. The molecule has 0 aliphatic carbocycles. The molecule has 1 heterocycles. The van der Waals surface area contributed by atoms with Gasteiger partial charge in [-0.1, -0.05) is 17.3 Å². The summed E-state index contributed by atoms with van der Waals surface area (Å²) in [6, 6.07) is 6.43. The summed E-state index contributed by atoms with van der Waals surface area (Å²) >= 11 is 0. The van der Waals surface area contributed by atoms with Crippen LogP contribution in [0.5, 0.6) is 5.75 Å². The lowest BCUT2D eigenvalue weighted by molar-refractivity contribution is 0.376. The molecule has 0 aliphatic heterocycles. The first-order valence-corrected chi connectivity index (χ1v) is 6.74. The minimum atomic E-state index is 0.333.